The summed E-state index contributed by atoms with van der Waals surface area (Å²) in [6.45, 7) is 9.89. The van der Waals surface area contributed by atoms with E-state index in [4.69, 9.17) is 0 Å². The molecule has 2 rings (SSSR count). The number of aromatic nitrogens is 2. The van der Waals surface area contributed by atoms with Gasteiger partial charge < -0.3 is 5.32 Å². The van der Waals surface area contributed by atoms with Gasteiger partial charge in [0.25, 0.3) is 0 Å². The van der Waals surface area contributed by atoms with Gasteiger partial charge in [-0.15, -0.1) is 0 Å². The molecule has 0 aliphatic carbocycles. The molecule has 0 spiro atoms. The van der Waals surface area contributed by atoms with E-state index in [9.17, 15) is 13.2 Å². The molecule has 1 aromatic heterocycles. The standard InChI is InChI=1S/C14H24N4O3S/c1-9-12(10(2)18(16-9)14(3,4)5)22(20,21)17-11-7-6-8-15-13(11)19/h11,17H,6-8H2,1-5H3,(H,15,19)/t11-/m0/s1. The van der Waals surface area contributed by atoms with E-state index in [1.807, 2.05) is 20.8 Å². The lowest BCUT2D eigenvalue weighted by Gasteiger charge is -2.23. The van der Waals surface area contributed by atoms with Crippen LogP contribution in [0.3, 0.4) is 0 Å². The highest BCUT2D eigenvalue weighted by atomic mass is 32.2. The predicted molar refractivity (Wildman–Crippen MR) is 83.1 cm³/mol. The van der Waals surface area contributed by atoms with Gasteiger partial charge in [-0.3, -0.25) is 9.48 Å². The Labute approximate surface area is 131 Å². The fourth-order valence-corrected chi connectivity index (χ4v) is 4.42. The number of nitrogens with one attached hydrogen (secondary N) is 2. The number of hydrogen-bond acceptors (Lipinski definition) is 4. The lowest BCUT2D eigenvalue weighted by Crippen LogP contribution is -2.50. The van der Waals surface area contributed by atoms with Gasteiger partial charge in [0.15, 0.2) is 0 Å². The monoisotopic (exact) mass is 328 g/mol. The molecule has 1 amide bonds. The van der Waals surface area contributed by atoms with Gasteiger partial charge in [0.1, 0.15) is 10.9 Å². The van der Waals surface area contributed by atoms with E-state index in [1.54, 1.807) is 18.5 Å². The van der Waals surface area contributed by atoms with Crippen LogP contribution in [0.15, 0.2) is 4.90 Å². The number of rotatable bonds is 3. The highest BCUT2D eigenvalue weighted by Crippen LogP contribution is 2.25. The minimum atomic E-state index is -3.79. The lowest BCUT2D eigenvalue weighted by molar-refractivity contribution is -0.124. The minimum absolute atomic E-state index is 0.167. The van der Waals surface area contributed by atoms with Crippen molar-refractivity contribution in [3.63, 3.8) is 0 Å². The molecule has 1 aliphatic rings. The van der Waals surface area contributed by atoms with Crippen LogP contribution in [0.2, 0.25) is 0 Å². The van der Waals surface area contributed by atoms with Crippen LogP contribution in [-0.2, 0) is 20.4 Å². The quantitative estimate of drug-likeness (QED) is 0.859. The summed E-state index contributed by atoms with van der Waals surface area (Å²) in [6, 6.07) is -0.712. The van der Waals surface area contributed by atoms with Crippen molar-refractivity contribution in [2.45, 2.75) is 63.9 Å². The maximum Gasteiger partial charge on any atom is 0.244 e. The van der Waals surface area contributed by atoms with Crippen molar-refractivity contribution < 1.29 is 13.2 Å². The summed E-state index contributed by atoms with van der Waals surface area (Å²) in [7, 11) is -3.79. The first-order valence-corrected chi connectivity index (χ1v) is 8.89. The Hall–Kier alpha value is -1.41. The Morgan fingerprint density at radius 3 is 2.45 bits per heavy atom. The molecule has 1 aromatic rings. The van der Waals surface area contributed by atoms with E-state index in [0.29, 0.717) is 24.4 Å². The summed E-state index contributed by atoms with van der Waals surface area (Å²) in [4.78, 5) is 11.9. The zero-order valence-corrected chi connectivity index (χ0v) is 14.5. The molecule has 0 saturated carbocycles. The van der Waals surface area contributed by atoms with Gasteiger partial charge in [-0.2, -0.15) is 9.82 Å². The summed E-state index contributed by atoms with van der Waals surface area (Å²) in [5, 5.41) is 7.03. The fourth-order valence-electron chi connectivity index (χ4n) is 2.80. The highest BCUT2D eigenvalue weighted by Gasteiger charge is 2.32. The lowest BCUT2D eigenvalue weighted by atomic mass is 10.1. The summed E-state index contributed by atoms with van der Waals surface area (Å²) in [5.41, 5.74) is 0.704. The Morgan fingerprint density at radius 2 is 1.95 bits per heavy atom. The normalized spacial score (nSPS) is 20.0. The Balaban J connectivity index is 2.38. The van der Waals surface area contributed by atoms with E-state index in [-0.39, 0.29) is 16.3 Å². The third-order valence-electron chi connectivity index (χ3n) is 3.71. The van der Waals surface area contributed by atoms with Crippen LogP contribution in [-0.4, -0.2) is 36.7 Å². The van der Waals surface area contributed by atoms with Crippen LogP contribution >= 0.6 is 0 Å². The number of aryl methyl sites for hydroxylation is 1. The number of carbonyl (C=O) groups is 1. The largest absolute Gasteiger partial charge is 0.355 e. The molecule has 1 atom stereocenters. The maximum atomic E-state index is 12.7. The van der Waals surface area contributed by atoms with Crippen LogP contribution in [0.25, 0.3) is 0 Å². The SMILES string of the molecule is Cc1nn(C(C)(C)C)c(C)c1S(=O)(=O)N[C@H]1CCCNC1=O. The van der Waals surface area contributed by atoms with Crippen molar-refractivity contribution in [1.82, 2.24) is 19.8 Å². The molecule has 1 aliphatic heterocycles. The Morgan fingerprint density at radius 1 is 1.32 bits per heavy atom. The fraction of sp³-hybridized carbons (Fsp3) is 0.714. The zero-order valence-electron chi connectivity index (χ0n) is 13.7. The molecule has 0 unspecified atom stereocenters. The van der Waals surface area contributed by atoms with Gasteiger partial charge in [0.05, 0.1) is 16.9 Å². The number of carbonyl (C=O) groups excluding carboxylic acids is 1. The second-order valence-electron chi connectivity index (χ2n) is 6.69. The molecule has 7 nitrogen and oxygen atoms in total. The molecule has 1 fully saturated rings. The van der Waals surface area contributed by atoms with Crippen molar-refractivity contribution in [3.05, 3.63) is 11.4 Å². The second kappa shape index (κ2) is 5.66. The highest BCUT2D eigenvalue weighted by molar-refractivity contribution is 7.89. The van der Waals surface area contributed by atoms with Crippen molar-refractivity contribution >= 4 is 15.9 Å². The molecule has 124 valence electrons. The summed E-state index contributed by atoms with van der Waals surface area (Å²) in [5.74, 6) is -0.270. The zero-order chi connectivity index (χ0) is 16.7. The van der Waals surface area contributed by atoms with Crippen LogP contribution in [0.5, 0.6) is 0 Å². The first kappa shape index (κ1) is 17.0. The van der Waals surface area contributed by atoms with Gasteiger partial charge in [0, 0.05) is 6.54 Å². The summed E-state index contributed by atoms with van der Waals surface area (Å²) >= 11 is 0. The molecule has 22 heavy (non-hydrogen) atoms. The second-order valence-corrected chi connectivity index (χ2v) is 8.34. The molecule has 0 aromatic carbocycles. The van der Waals surface area contributed by atoms with Gasteiger partial charge >= 0.3 is 0 Å². The molecular weight excluding hydrogens is 304 g/mol. The molecular formula is C14H24N4O3S. The van der Waals surface area contributed by atoms with Gasteiger partial charge in [0.2, 0.25) is 15.9 Å². The molecule has 0 radical (unpaired) electrons. The third-order valence-corrected chi connectivity index (χ3v) is 5.43. The van der Waals surface area contributed by atoms with E-state index in [2.05, 4.69) is 15.1 Å². The molecule has 0 bridgehead atoms. The average molecular weight is 328 g/mol. The first-order chi connectivity index (χ1) is 10.0. The number of nitrogens with zero attached hydrogens (tertiary/aromatic N) is 2. The van der Waals surface area contributed by atoms with Crippen molar-refractivity contribution in [2.24, 2.45) is 0 Å². The van der Waals surface area contributed by atoms with E-state index < -0.39 is 16.1 Å². The third kappa shape index (κ3) is 3.17. The first-order valence-electron chi connectivity index (χ1n) is 7.41. The van der Waals surface area contributed by atoms with Crippen molar-refractivity contribution in [3.8, 4) is 0 Å². The smallest absolute Gasteiger partial charge is 0.244 e. The molecule has 1 saturated heterocycles. The minimum Gasteiger partial charge on any atom is -0.355 e. The van der Waals surface area contributed by atoms with Crippen LogP contribution in [0.4, 0.5) is 0 Å². The predicted octanol–water partition coefficient (Wildman–Crippen LogP) is 0.812. The Kier molecular flexibility index (Phi) is 4.36. The van der Waals surface area contributed by atoms with Crippen LogP contribution < -0.4 is 10.0 Å². The summed E-state index contributed by atoms with van der Waals surface area (Å²) < 4.78 is 29.6. The summed E-state index contributed by atoms with van der Waals surface area (Å²) in [6.07, 6.45) is 1.27. The number of piperidine rings is 1. The molecule has 8 heteroatoms. The molecule has 2 heterocycles. The number of sulfonamides is 1. The van der Waals surface area contributed by atoms with E-state index in [0.717, 1.165) is 6.42 Å². The van der Waals surface area contributed by atoms with Crippen molar-refractivity contribution in [2.75, 3.05) is 6.54 Å². The van der Waals surface area contributed by atoms with Crippen LogP contribution in [0.1, 0.15) is 45.0 Å². The topological polar surface area (TPSA) is 93.1 Å². The number of hydrogen-bond donors (Lipinski definition) is 2. The average Bonchev–Trinajstić information content (AvgIpc) is 2.68. The van der Waals surface area contributed by atoms with Crippen LogP contribution in [0, 0.1) is 13.8 Å². The maximum absolute atomic E-state index is 12.7. The Bertz CT molecular complexity index is 686. The van der Waals surface area contributed by atoms with Gasteiger partial charge in [-0.05, 0) is 47.5 Å². The van der Waals surface area contributed by atoms with Crippen molar-refractivity contribution in [1.29, 1.82) is 0 Å². The van der Waals surface area contributed by atoms with Gasteiger partial charge in [-0.25, -0.2) is 8.42 Å². The van der Waals surface area contributed by atoms with E-state index >= 15 is 0 Å². The van der Waals surface area contributed by atoms with Gasteiger partial charge in [-0.1, -0.05) is 0 Å². The number of amides is 1. The van der Waals surface area contributed by atoms with E-state index in [1.165, 1.54) is 0 Å². The molecule has 2 N–H and O–H groups in total.